The molecule has 0 heterocycles. The smallest absolute Gasteiger partial charge is 0.131 e. The van der Waals surface area contributed by atoms with Crippen LogP contribution in [-0.4, -0.2) is 0 Å². The van der Waals surface area contributed by atoms with E-state index < -0.39 is 0 Å². The van der Waals surface area contributed by atoms with Crippen LogP contribution < -0.4 is 0 Å². The van der Waals surface area contributed by atoms with Crippen molar-refractivity contribution in [3.05, 3.63) is 83.7 Å². The number of aryl methyl sites for hydroxylation is 1. The first-order valence-electron chi connectivity index (χ1n) is 10.4. The second-order valence-electron chi connectivity index (χ2n) is 8.26. The fraction of sp³-hybridized carbons (Fsp3) is 0.333. The molecule has 0 aliphatic rings. The summed E-state index contributed by atoms with van der Waals surface area (Å²) in [7, 11) is 0. The average Bonchev–Trinajstić information content (AvgIpc) is 2.69. The lowest BCUT2D eigenvalue weighted by Gasteiger charge is -2.17. The van der Waals surface area contributed by atoms with Crippen molar-refractivity contribution in [2.24, 2.45) is 5.92 Å². The second kappa shape index (κ2) is 9.19. The Balaban J connectivity index is 1.80. The molecular weight excluding hydrogens is 343 g/mol. The Bertz CT molecular complexity index is 889. The van der Waals surface area contributed by atoms with Gasteiger partial charge in [0.1, 0.15) is 5.82 Å². The molecule has 146 valence electrons. The SMILES string of the molecule is CCC(CCC(C)C)c1ccc(-c2ccc(-c3ccc(C)cc3)cc2F)cc1. The quantitative estimate of drug-likeness (QED) is 0.389. The molecule has 0 radical (unpaired) electrons. The Morgan fingerprint density at radius 2 is 1.36 bits per heavy atom. The lowest BCUT2D eigenvalue weighted by atomic mass is 9.88. The average molecular weight is 375 g/mol. The first-order chi connectivity index (χ1) is 13.5. The molecule has 0 aliphatic carbocycles. The lowest BCUT2D eigenvalue weighted by Crippen LogP contribution is -2.00. The first-order valence-corrected chi connectivity index (χ1v) is 10.4. The van der Waals surface area contributed by atoms with E-state index in [1.54, 1.807) is 6.07 Å². The van der Waals surface area contributed by atoms with Crippen LogP contribution in [0.2, 0.25) is 0 Å². The van der Waals surface area contributed by atoms with Crippen molar-refractivity contribution in [3.8, 4) is 22.3 Å². The minimum atomic E-state index is -0.169. The molecule has 3 aromatic rings. The monoisotopic (exact) mass is 374 g/mol. The zero-order chi connectivity index (χ0) is 20.1. The molecule has 0 nitrogen and oxygen atoms in total. The molecule has 3 aromatic carbocycles. The first kappa shape index (κ1) is 20.3. The number of halogens is 1. The number of hydrogen-bond donors (Lipinski definition) is 0. The maximum Gasteiger partial charge on any atom is 0.131 e. The van der Waals surface area contributed by atoms with Gasteiger partial charge in [0.2, 0.25) is 0 Å². The van der Waals surface area contributed by atoms with Gasteiger partial charge in [0.15, 0.2) is 0 Å². The molecule has 0 saturated carbocycles. The zero-order valence-electron chi connectivity index (χ0n) is 17.5. The van der Waals surface area contributed by atoms with Crippen molar-refractivity contribution in [3.63, 3.8) is 0 Å². The van der Waals surface area contributed by atoms with Crippen LogP contribution in [0.1, 0.15) is 57.1 Å². The third-order valence-corrected chi connectivity index (χ3v) is 5.63. The Morgan fingerprint density at radius 1 is 0.750 bits per heavy atom. The van der Waals surface area contributed by atoms with Gasteiger partial charge in [-0.2, -0.15) is 0 Å². The summed E-state index contributed by atoms with van der Waals surface area (Å²) in [5.41, 5.74) is 6.14. The summed E-state index contributed by atoms with van der Waals surface area (Å²) >= 11 is 0. The second-order valence-corrected chi connectivity index (χ2v) is 8.26. The zero-order valence-corrected chi connectivity index (χ0v) is 17.5. The highest BCUT2D eigenvalue weighted by Crippen LogP contribution is 2.31. The van der Waals surface area contributed by atoms with Crippen LogP contribution in [0, 0.1) is 18.7 Å². The van der Waals surface area contributed by atoms with Crippen LogP contribution in [-0.2, 0) is 0 Å². The highest BCUT2D eigenvalue weighted by Gasteiger charge is 2.12. The van der Waals surface area contributed by atoms with Crippen LogP contribution in [0.25, 0.3) is 22.3 Å². The van der Waals surface area contributed by atoms with E-state index in [4.69, 9.17) is 0 Å². The molecule has 0 bridgehead atoms. The van der Waals surface area contributed by atoms with E-state index in [0.717, 1.165) is 29.0 Å². The van der Waals surface area contributed by atoms with Gasteiger partial charge in [-0.1, -0.05) is 93.4 Å². The van der Waals surface area contributed by atoms with E-state index in [0.29, 0.717) is 11.5 Å². The molecule has 0 fully saturated rings. The van der Waals surface area contributed by atoms with Crippen molar-refractivity contribution in [2.75, 3.05) is 0 Å². The summed E-state index contributed by atoms with van der Waals surface area (Å²) in [5, 5.41) is 0. The molecule has 0 saturated heterocycles. The maximum absolute atomic E-state index is 14.8. The molecule has 1 unspecified atom stereocenters. The van der Waals surface area contributed by atoms with E-state index in [-0.39, 0.29) is 5.82 Å². The van der Waals surface area contributed by atoms with Gasteiger partial charge >= 0.3 is 0 Å². The molecule has 28 heavy (non-hydrogen) atoms. The molecular formula is C27H31F. The Hall–Kier alpha value is -2.41. The molecule has 0 aliphatic heterocycles. The van der Waals surface area contributed by atoms with Crippen molar-refractivity contribution in [1.82, 2.24) is 0 Å². The van der Waals surface area contributed by atoms with Gasteiger partial charge in [0.05, 0.1) is 0 Å². The summed E-state index contributed by atoms with van der Waals surface area (Å²) in [6.45, 7) is 8.86. The van der Waals surface area contributed by atoms with Crippen LogP contribution in [0.5, 0.6) is 0 Å². The van der Waals surface area contributed by atoms with Crippen molar-refractivity contribution in [1.29, 1.82) is 0 Å². The van der Waals surface area contributed by atoms with Crippen molar-refractivity contribution in [2.45, 2.75) is 52.9 Å². The summed E-state index contributed by atoms with van der Waals surface area (Å²) in [6, 6.07) is 22.2. The van der Waals surface area contributed by atoms with Gasteiger partial charge in [-0.15, -0.1) is 0 Å². The summed E-state index contributed by atoms with van der Waals surface area (Å²) in [6.07, 6.45) is 3.61. The van der Waals surface area contributed by atoms with Crippen LogP contribution in [0.3, 0.4) is 0 Å². The predicted molar refractivity (Wildman–Crippen MR) is 119 cm³/mol. The summed E-state index contributed by atoms with van der Waals surface area (Å²) < 4.78 is 14.8. The fourth-order valence-electron chi connectivity index (χ4n) is 3.75. The molecule has 1 heteroatoms. The summed E-state index contributed by atoms with van der Waals surface area (Å²) in [5.74, 6) is 1.15. The highest BCUT2D eigenvalue weighted by atomic mass is 19.1. The molecule has 3 rings (SSSR count). The van der Waals surface area contributed by atoms with E-state index in [9.17, 15) is 4.39 Å². The topological polar surface area (TPSA) is 0 Å². The molecule has 0 aromatic heterocycles. The van der Waals surface area contributed by atoms with Crippen LogP contribution >= 0.6 is 0 Å². The number of hydrogen-bond acceptors (Lipinski definition) is 0. The van der Waals surface area contributed by atoms with E-state index in [2.05, 4.69) is 64.1 Å². The van der Waals surface area contributed by atoms with Crippen LogP contribution in [0.4, 0.5) is 4.39 Å². The maximum atomic E-state index is 14.8. The van der Waals surface area contributed by atoms with E-state index in [1.807, 2.05) is 24.3 Å². The lowest BCUT2D eigenvalue weighted by molar-refractivity contribution is 0.492. The molecule has 1 atom stereocenters. The number of benzene rings is 3. The third-order valence-electron chi connectivity index (χ3n) is 5.63. The third kappa shape index (κ3) is 4.90. The van der Waals surface area contributed by atoms with Gasteiger partial charge in [0, 0.05) is 5.56 Å². The number of rotatable bonds is 7. The minimum Gasteiger partial charge on any atom is -0.206 e. The van der Waals surface area contributed by atoms with E-state index >= 15 is 0 Å². The Morgan fingerprint density at radius 3 is 1.93 bits per heavy atom. The normalized spacial score (nSPS) is 12.4. The largest absolute Gasteiger partial charge is 0.206 e. The Labute approximate surface area is 169 Å². The van der Waals surface area contributed by atoms with E-state index in [1.165, 1.54) is 24.0 Å². The minimum absolute atomic E-state index is 0.169. The Kier molecular flexibility index (Phi) is 6.67. The van der Waals surface area contributed by atoms with Gasteiger partial charge < -0.3 is 0 Å². The summed E-state index contributed by atoms with van der Waals surface area (Å²) in [4.78, 5) is 0. The standard InChI is InChI=1S/C27H31F/c1-5-21(9-6-19(2)3)22-12-14-24(15-13-22)26-17-16-25(18-27(26)28)23-10-7-20(4)8-11-23/h7-8,10-19,21H,5-6,9H2,1-4H3. The molecule has 0 spiro atoms. The van der Waals surface area contributed by atoms with Gasteiger partial charge in [-0.05, 0) is 59.9 Å². The van der Waals surface area contributed by atoms with Crippen molar-refractivity contribution < 1.29 is 4.39 Å². The van der Waals surface area contributed by atoms with Gasteiger partial charge in [-0.25, -0.2) is 4.39 Å². The fourth-order valence-corrected chi connectivity index (χ4v) is 3.75. The molecule has 0 amide bonds. The van der Waals surface area contributed by atoms with Gasteiger partial charge in [-0.3, -0.25) is 0 Å². The highest BCUT2D eigenvalue weighted by molar-refractivity contribution is 5.71. The molecule has 0 N–H and O–H groups in total. The van der Waals surface area contributed by atoms with Crippen LogP contribution in [0.15, 0.2) is 66.7 Å². The van der Waals surface area contributed by atoms with Crippen molar-refractivity contribution >= 4 is 0 Å². The van der Waals surface area contributed by atoms with Gasteiger partial charge in [0.25, 0.3) is 0 Å². The predicted octanol–water partition coefficient (Wildman–Crippen LogP) is 8.40.